The molecule has 2 aromatic rings. The predicted molar refractivity (Wildman–Crippen MR) is 97.1 cm³/mol. The highest BCUT2D eigenvalue weighted by Gasteiger charge is 2.20. The maximum absolute atomic E-state index is 12.5. The molecule has 0 bridgehead atoms. The molecule has 0 fully saturated rings. The second-order valence-electron chi connectivity index (χ2n) is 6.04. The summed E-state index contributed by atoms with van der Waals surface area (Å²) in [6.45, 7) is 4.70. The van der Waals surface area contributed by atoms with Gasteiger partial charge in [0.15, 0.2) is 29.1 Å². The highest BCUT2D eigenvalue weighted by atomic mass is 16.6. The van der Waals surface area contributed by atoms with Crippen molar-refractivity contribution >= 4 is 5.91 Å². The Kier molecular flexibility index (Phi) is 5.51. The van der Waals surface area contributed by atoms with E-state index in [0.717, 1.165) is 11.3 Å². The van der Waals surface area contributed by atoms with Crippen molar-refractivity contribution in [3.8, 4) is 23.0 Å². The number of carbonyl (C=O) groups is 1. The molecule has 3 rings (SSSR count). The van der Waals surface area contributed by atoms with Crippen molar-refractivity contribution in [2.24, 2.45) is 0 Å². The lowest BCUT2D eigenvalue weighted by Crippen LogP contribution is -2.37. The van der Waals surface area contributed by atoms with Crippen molar-refractivity contribution in [3.05, 3.63) is 48.0 Å². The minimum absolute atomic E-state index is 0.193. The van der Waals surface area contributed by atoms with Crippen LogP contribution in [0.2, 0.25) is 0 Å². The van der Waals surface area contributed by atoms with Gasteiger partial charge < -0.3 is 24.3 Å². The van der Waals surface area contributed by atoms with Gasteiger partial charge in [0.05, 0.1) is 13.2 Å². The fraction of sp³-hybridized carbons (Fsp3) is 0.350. The second kappa shape index (κ2) is 7.99. The van der Waals surface area contributed by atoms with Crippen molar-refractivity contribution in [1.29, 1.82) is 0 Å². The fourth-order valence-electron chi connectivity index (χ4n) is 2.70. The number of fused-ring (bicyclic) bond motifs is 1. The van der Waals surface area contributed by atoms with E-state index in [1.165, 1.54) is 0 Å². The standard InChI is InChI=1S/C20H23NO5/c1-13(15-8-9-17-19(12-15)25-11-10-24-17)21-20(22)14(2)26-18-7-5-4-6-16(18)23-3/h4-9,12-14H,10-11H2,1-3H3,(H,21,22)/t13-,14-/m1/s1. The summed E-state index contributed by atoms with van der Waals surface area (Å²) in [5.41, 5.74) is 0.937. The molecule has 0 spiro atoms. The molecule has 26 heavy (non-hydrogen) atoms. The average Bonchev–Trinajstić information content (AvgIpc) is 2.67. The third-order valence-electron chi connectivity index (χ3n) is 4.17. The monoisotopic (exact) mass is 357 g/mol. The van der Waals surface area contributed by atoms with Gasteiger partial charge in [-0.2, -0.15) is 0 Å². The molecule has 1 heterocycles. The van der Waals surface area contributed by atoms with E-state index < -0.39 is 6.10 Å². The van der Waals surface area contributed by atoms with Crippen LogP contribution in [-0.4, -0.2) is 32.3 Å². The lowest BCUT2D eigenvalue weighted by Gasteiger charge is -2.22. The number of rotatable bonds is 6. The zero-order chi connectivity index (χ0) is 18.5. The number of ether oxygens (including phenoxy) is 4. The van der Waals surface area contributed by atoms with Crippen LogP contribution in [0.1, 0.15) is 25.5 Å². The van der Waals surface area contributed by atoms with E-state index in [9.17, 15) is 4.79 Å². The van der Waals surface area contributed by atoms with E-state index in [1.807, 2.05) is 37.3 Å². The molecular weight excluding hydrogens is 334 g/mol. The molecule has 138 valence electrons. The zero-order valence-electron chi connectivity index (χ0n) is 15.2. The molecule has 6 heteroatoms. The van der Waals surface area contributed by atoms with Crippen LogP contribution in [0.4, 0.5) is 0 Å². The molecule has 6 nitrogen and oxygen atoms in total. The van der Waals surface area contributed by atoms with Crippen molar-refractivity contribution in [2.45, 2.75) is 26.0 Å². The molecule has 0 aromatic heterocycles. The molecule has 0 saturated heterocycles. The molecule has 1 aliphatic rings. The number of methoxy groups -OCH3 is 1. The first-order valence-electron chi connectivity index (χ1n) is 8.58. The summed E-state index contributed by atoms with van der Waals surface area (Å²) in [6, 6.07) is 12.7. The first-order chi connectivity index (χ1) is 12.6. The predicted octanol–water partition coefficient (Wildman–Crippen LogP) is 3.11. The van der Waals surface area contributed by atoms with Crippen LogP contribution >= 0.6 is 0 Å². The fourth-order valence-corrected chi connectivity index (χ4v) is 2.70. The maximum atomic E-state index is 12.5. The van der Waals surface area contributed by atoms with Gasteiger partial charge in [0.2, 0.25) is 0 Å². The Balaban J connectivity index is 1.63. The van der Waals surface area contributed by atoms with Gasteiger partial charge in [0.25, 0.3) is 5.91 Å². The number of nitrogens with one attached hydrogen (secondary N) is 1. The van der Waals surface area contributed by atoms with E-state index in [0.29, 0.717) is 30.5 Å². The lowest BCUT2D eigenvalue weighted by atomic mass is 10.1. The van der Waals surface area contributed by atoms with E-state index >= 15 is 0 Å². The molecule has 2 atom stereocenters. The Morgan fingerprint density at radius 1 is 1.04 bits per heavy atom. The topological polar surface area (TPSA) is 66.0 Å². The molecule has 1 amide bonds. The smallest absolute Gasteiger partial charge is 0.261 e. The van der Waals surface area contributed by atoms with E-state index in [-0.39, 0.29) is 11.9 Å². The Morgan fingerprint density at radius 3 is 2.46 bits per heavy atom. The Hall–Kier alpha value is -2.89. The Morgan fingerprint density at radius 2 is 1.73 bits per heavy atom. The number of para-hydroxylation sites is 2. The van der Waals surface area contributed by atoms with Crippen LogP contribution in [0, 0.1) is 0 Å². The Labute approximate surface area is 153 Å². The van der Waals surface area contributed by atoms with Crippen LogP contribution in [0.3, 0.4) is 0 Å². The molecule has 1 aliphatic heterocycles. The number of amides is 1. The summed E-state index contributed by atoms with van der Waals surface area (Å²) >= 11 is 0. The van der Waals surface area contributed by atoms with E-state index in [1.54, 1.807) is 26.2 Å². The highest BCUT2D eigenvalue weighted by molar-refractivity contribution is 5.81. The summed E-state index contributed by atoms with van der Waals surface area (Å²) in [6.07, 6.45) is -0.661. The third kappa shape index (κ3) is 4.02. The van der Waals surface area contributed by atoms with E-state index in [4.69, 9.17) is 18.9 Å². The quantitative estimate of drug-likeness (QED) is 0.860. The van der Waals surface area contributed by atoms with Gasteiger partial charge in [0, 0.05) is 0 Å². The summed E-state index contributed by atoms with van der Waals surface area (Å²) in [5.74, 6) is 2.34. The van der Waals surface area contributed by atoms with Gasteiger partial charge in [0.1, 0.15) is 13.2 Å². The van der Waals surface area contributed by atoms with Crippen LogP contribution in [-0.2, 0) is 4.79 Å². The van der Waals surface area contributed by atoms with Gasteiger partial charge in [-0.05, 0) is 43.7 Å². The number of hydrogen-bond acceptors (Lipinski definition) is 5. The van der Waals surface area contributed by atoms with Crippen LogP contribution < -0.4 is 24.3 Å². The summed E-state index contributed by atoms with van der Waals surface area (Å²) in [5, 5.41) is 2.96. The minimum atomic E-state index is -0.661. The van der Waals surface area contributed by atoms with Crippen LogP contribution in [0.15, 0.2) is 42.5 Å². The number of benzene rings is 2. The molecule has 2 aromatic carbocycles. The van der Waals surface area contributed by atoms with E-state index in [2.05, 4.69) is 5.32 Å². The third-order valence-corrected chi connectivity index (χ3v) is 4.17. The average molecular weight is 357 g/mol. The summed E-state index contributed by atoms with van der Waals surface area (Å²) in [7, 11) is 1.57. The number of hydrogen-bond donors (Lipinski definition) is 1. The molecular formula is C20H23NO5. The maximum Gasteiger partial charge on any atom is 0.261 e. The SMILES string of the molecule is COc1ccccc1O[C@H](C)C(=O)N[C@H](C)c1ccc2c(c1)OCCO2. The van der Waals surface area contributed by atoms with Gasteiger partial charge in [-0.1, -0.05) is 18.2 Å². The molecule has 1 N–H and O–H groups in total. The molecule has 0 radical (unpaired) electrons. The van der Waals surface area contributed by atoms with Crippen molar-refractivity contribution < 1.29 is 23.7 Å². The first-order valence-corrected chi connectivity index (χ1v) is 8.58. The second-order valence-corrected chi connectivity index (χ2v) is 6.04. The summed E-state index contributed by atoms with van der Waals surface area (Å²) in [4.78, 5) is 12.5. The number of carbonyl (C=O) groups excluding carboxylic acids is 1. The normalized spacial score (nSPS) is 14.9. The molecule has 0 aliphatic carbocycles. The zero-order valence-corrected chi connectivity index (χ0v) is 15.2. The van der Waals surface area contributed by atoms with Crippen LogP contribution in [0.25, 0.3) is 0 Å². The van der Waals surface area contributed by atoms with Gasteiger partial charge >= 0.3 is 0 Å². The first kappa shape index (κ1) is 17.9. The van der Waals surface area contributed by atoms with Gasteiger partial charge in [-0.3, -0.25) is 4.79 Å². The van der Waals surface area contributed by atoms with Crippen molar-refractivity contribution in [2.75, 3.05) is 20.3 Å². The molecule has 0 unspecified atom stereocenters. The van der Waals surface area contributed by atoms with Crippen molar-refractivity contribution in [3.63, 3.8) is 0 Å². The molecule has 0 saturated carbocycles. The lowest BCUT2D eigenvalue weighted by molar-refractivity contribution is -0.127. The van der Waals surface area contributed by atoms with Gasteiger partial charge in [-0.25, -0.2) is 0 Å². The Bertz CT molecular complexity index is 777. The largest absolute Gasteiger partial charge is 0.493 e. The highest BCUT2D eigenvalue weighted by Crippen LogP contribution is 2.32. The van der Waals surface area contributed by atoms with Gasteiger partial charge in [-0.15, -0.1) is 0 Å². The minimum Gasteiger partial charge on any atom is -0.493 e. The van der Waals surface area contributed by atoms with Crippen molar-refractivity contribution in [1.82, 2.24) is 5.32 Å². The van der Waals surface area contributed by atoms with Crippen LogP contribution in [0.5, 0.6) is 23.0 Å². The summed E-state index contributed by atoms with van der Waals surface area (Å²) < 4.78 is 22.1.